The van der Waals surface area contributed by atoms with Crippen LogP contribution in [-0.4, -0.2) is 43.2 Å². The van der Waals surface area contributed by atoms with Gasteiger partial charge >= 0.3 is 12.1 Å². The molecule has 46 heavy (non-hydrogen) atoms. The lowest BCUT2D eigenvalue weighted by Crippen LogP contribution is -2.46. The highest BCUT2D eigenvalue weighted by molar-refractivity contribution is 7.99. The molecule has 1 aliphatic heterocycles. The van der Waals surface area contributed by atoms with Crippen molar-refractivity contribution >= 4 is 11.8 Å². The van der Waals surface area contributed by atoms with Crippen molar-refractivity contribution in [2.75, 3.05) is 24.8 Å². The van der Waals surface area contributed by atoms with Gasteiger partial charge in [0.1, 0.15) is 5.75 Å². The normalized spacial score (nSPS) is 29.7. The monoisotopic (exact) mass is 676 g/mol. The van der Waals surface area contributed by atoms with Gasteiger partial charge in [-0.1, -0.05) is 51.0 Å². The molecule has 2 nitrogen and oxygen atoms in total. The molecule has 5 rings (SSSR count). The van der Waals surface area contributed by atoms with Crippen LogP contribution in [0.1, 0.15) is 133 Å². The van der Waals surface area contributed by atoms with E-state index in [2.05, 4.69) is 18.2 Å². The maximum Gasteiger partial charge on any atom is 0.453 e. The van der Waals surface area contributed by atoms with Crippen LogP contribution in [0.5, 0.6) is 5.75 Å². The second-order valence-corrected chi connectivity index (χ2v) is 15.9. The molecule has 0 N–H and O–H groups in total. The summed E-state index contributed by atoms with van der Waals surface area (Å²) in [6.07, 6.45) is 12.0. The molecular formula is C37H54F6O2S. The SMILES string of the molecule is FC[C@@]12CCC[C@H]1[C@@H]1[C@H](CCCCCCCCCSCCCC(F)(F)C(F)(F)F)Cc3cc(OC4CCCCO4)ccc3[C@H]1CC2. The molecule has 0 amide bonds. The average molecular weight is 677 g/mol. The van der Waals surface area contributed by atoms with E-state index in [4.69, 9.17) is 9.47 Å². The molecule has 1 aromatic rings. The van der Waals surface area contributed by atoms with E-state index in [0.717, 1.165) is 88.7 Å². The van der Waals surface area contributed by atoms with Crippen LogP contribution in [0.3, 0.4) is 0 Å². The zero-order chi connectivity index (χ0) is 32.6. The molecule has 9 heteroatoms. The van der Waals surface area contributed by atoms with E-state index < -0.39 is 18.5 Å². The highest BCUT2D eigenvalue weighted by atomic mass is 32.2. The number of benzene rings is 1. The Hall–Kier alpha value is -1.09. The van der Waals surface area contributed by atoms with Crippen LogP contribution in [0, 0.1) is 23.2 Å². The summed E-state index contributed by atoms with van der Waals surface area (Å²) in [6.45, 7) is 0.599. The Kier molecular flexibility index (Phi) is 13.0. The molecule has 1 saturated heterocycles. The van der Waals surface area contributed by atoms with Crippen molar-refractivity contribution < 1.29 is 35.8 Å². The lowest BCUT2D eigenvalue weighted by Gasteiger charge is -2.53. The van der Waals surface area contributed by atoms with Crippen LogP contribution in [0.15, 0.2) is 18.2 Å². The smallest absolute Gasteiger partial charge is 0.453 e. The summed E-state index contributed by atoms with van der Waals surface area (Å²) in [4.78, 5) is 0. The van der Waals surface area contributed by atoms with Crippen LogP contribution in [-0.2, 0) is 11.2 Å². The number of unbranched alkanes of at least 4 members (excludes halogenated alkanes) is 6. The van der Waals surface area contributed by atoms with Gasteiger partial charge in [-0.25, -0.2) is 0 Å². The maximum atomic E-state index is 14.6. The van der Waals surface area contributed by atoms with Gasteiger partial charge in [0.05, 0.1) is 13.3 Å². The van der Waals surface area contributed by atoms with E-state index in [0.29, 0.717) is 29.4 Å². The van der Waals surface area contributed by atoms with Gasteiger partial charge < -0.3 is 9.47 Å². The van der Waals surface area contributed by atoms with Gasteiger partial charge in [-0.3, -0.25) is 4.39 Å². The molecule has 3 aliphatic carbocycles. The van der Waals surface area contributed by atoms with E-state index in [9.17, 15) is 26.3 Å². The Bertz CT molecular complexity index is 1080. The van der Waals surface area contributed by atoms with E-state index >= 15 is 0 Å². The molecule has 1 aromatic carbocycles. The van der Waals surface area contributed by atoms with Crippen molar-refractivity contribution in [3.8, 4) is 5.75 Å². The van der Waals surface area contributed by atoms with Crippen molar-refractivity contribution in [1.29, 1.82) is 0 Å². The Morgan fingerprint density at radius 1 is 0.848 bits per heavy atom. The minimum atomic E-state index is -5.45. The van der Waals surface area contributed by atoms with E-state index in [1.165, 1.54) is 61.4 Å². The molecule has 1 unspecified atom stereocenters. The second-order valence-electron chi connectivity index (χ2n) is 14.6. The first-order chi connectivity index (χ1) is 22.1. The third-order valence-electron chi connectivity index (χ3n) is 11.6. The molecule has 0 spiro atoms. The van der Waals surface area contributed by atoms with Gasteiger partial charge in [0, 0.05) is 18.3 Å². The molecular weight excluding hydrogens is 622 g/mol. The Labute approximate surface area is 276 Å². The van der Waals surface area contributed by atoms with Crippen LogP contribution < -0.4 is 4.74 Å². The van der Waals surface area contributed by atoms with Crippen molar-refractivity contribution in [3.63, 3.8) is 0 Å². The van der Waals surface area contributed by atoms with Crippen molar-refractivity contribution in [2.24, 2.45) is 23.2 Å². The van der Waals surface area contributed by atoms with Gasteiger partial charge in [-0.2, -0.15) is 33.7 Å². The summed E-state index contributed by atoms with van der Waals surface area (Å²) < 4.78 is 89.4. The van der Waals surface area contributed by atoms with Gasteiger partial charge in [-0.15, -0.1) is 0 Å². The summed E-state index contributed by atoms with van der Waals surface area (Å²) in [5.74, 6) is -0.327. The van der Waals surface area contributed by atoms with E-state index in [1.54, 1.807) is 0 Å². The third-order valence-corrected chi connectivity index (χ3v) is 12.8. The Morgan fingerprint density at radius 2 is 1.61 bits per heavy atom. The molecule has 6 atom stereocenters. The molecule has 4 aliphatic rings. The number of ether oxygens (including phenoxy) is 2. The molecule has 0 bridgehead atoms. The van der Waals surface area contributed by atoms with Crippen molar-refractivity contribution in [2.45, 2.75) is 146 Å². The molecule has 0 radical (unpaired) electrons. The quantitative estimate of drug-likeness (QED) is 0.121. The highest BCUT2D eigenvalue weighted by Crippen LogP contribution is 2.63. The lowest BCUT2D eigenvalue weighted by molar-refractivity contribution is -0.284. The van der Waals surface area contributed by atoms with Gasteiger partial charge in [0.15, 0.2) is 6.29 Å². The fourth-order valence-corrected chi connectivity index (χ4v) is 10.2. The topological polar surface area (TPSA) is 18.5 Å². The number of hydrogen-bond donors (Lipinski definition) is 0. The maximum absolute atomic E-state index is 14.6. The first kappa shape index (κ1) is 36.2. The molecule has 0 aromatic heterocycles. The first-order valence-corrected chi connectivity index (χ1v) is 19.3. The van der Waals surface area contributed by atoms with Crippen LogP contribution >= 0.6 is 11.8 Å². The van der Waals surface area contributed by atoms with E-state index in [-0.39, 0.29) is 24.8 Å². The third kappa shape index (κ3) is 8.92. The summed E-state index contributed by atoms with van der Waals surface area (Å²) in [5, 5.41) is 0. The van der Waals surface area contributed by atoms with Crippen LogP contribution in [0.25, 0.3) is 0 Å². The average Bonchev–Trinajstić information content (AvgIpc) is 3.48. The largest absolute Gasteiger partial charge is 0.465 e. The fourth-order valence-electron chi connectivity index (χ4n) is 9.24. The van der Waals surface area contributed by atoms with E-state index in [1.807, 2.05) is 0 Å². The minimum absolute atomic E-state index is 0.0925. The zero-order valence-electron chi connectivity index (χ0n) is 27.4. The lowest BCUT2D eigenvalue weighted by atomic mass is 9.52. The van der Waals surface area contributed by atoms with Crippen molar-refractivity contribution in [1.82, 2.24) is 0 Å². The summed E-state index contributed by atoms with van der Waals surface area (Å²) in [6, 6.07) is 6.72. The van der Waals surface area contributed by atoms with Gasteiger partial charge in [-0.05, 0) is 123 Å². The zero-order valence-corrected chi connectivity index (χ0v) is 28.2. The number of fused-ring (bicyclic) bond motifs is 5. The van der Waals surface area contributed by atoms with Gasteiger partial charge in [0.2, 0.25) is 0 Å². The minimum Gasteiger partial charge on any atom is -0.465 e. The summed E-state index contributed by atoms with van der Waals surface area (Å²) >= 11 is 1.48. The number of alkyl halides is 6. The molecule has 1 heterocycles. The van der Waals surface area contributed by atoms with Gasteiger partial charge in [0.25, 0.3) is 0 Å². The Balaban J connectivity index is 1.05. The Morgan fingerprint density at radius 3 is 2.35 bits per heavy atom. The fraction of sp³-hybridized carbons (Fsp3) is 0.838. The number of halogens is 6. The first-order valence-electron chi connectivity index (χ1n) is 18.1. The summed E-state index contributed by atoms with van der Waals surface area (Å²) in [5.41, 5.74) is 2.82. The van der Waals surface area contributed by atoms with Crippen molar-refractivity contribution in [3.05, 3.63) is 29.3 Å². The summed E-state index contributed by atoms with van der Waals surface area (Å²) in [7, 11) is 0. The molecule has 3 fully saturated rings. The van der Waals surface area contributed by atoms with Crippen LogP contribution in [0.4, 0.5) is 26.3 Å². The number of rotatable bonds is 17. The predicted molar refractivity (Wildman–Crippen MR) is 174 cm³/mol. The predicted octanol–water partition coefficient (Wildman–Crippen LogP) is 11.8. The standard InChI is InChI=1S/C37H54F6O2S/c38-26-35-18-10-13-32(35)34-27(12-6-4-2-1-3-5-9-22-46-23-11-19-36(39,40)37(41,42)43)24-28-25-29(45-33-14-7-8-21-44-33)15-16-30(28)31(34)17-20-35/h15-16,25,27,31-34H,1-14,17-24,26H2/t27-,31-,32+,33?,34-,35+/m1/s1. The number of hydrogen-bond acceptors (Lipinski definition) is 3. The highest BCUT2D eigenvalue weighted by Gasteiger charge is 2.57. The number of thioether (sulfide) groups is 1. The van der Waals surface area contributed by atoms with Crippen LogP contribution in [0.2, 0.25) is 0 Å². The second kappa shape index (κ2) is 16.5. The molecule has 2 saturated carbocycles. The molecule has 262 valence electrons.